The maximum atomic E-state index is 12.8. The molecule has 0 radical (unpaired) electrons. The molecule has 1 rings (SSSR count). The van der Waals surface area contributed by atoms with Crippen LogP contribution in [0.15, 0.2) is 18.6 Å². The number of carbonyl (C=O) groups excluding carboxylic acids is 4. The molecule has 160 valence electrons. The lowest BCUT2D eigenvalue weighted by molar-refractivity contribution is -0.131. The Morgan fingerprint density at radius 2 is 1.72 bits per heavy atom. The molecular weight excluding hydrogens is 374 g/mol. The highest BCUT2D eigenvalue weighted by molar-refractivity contribution is 5.97. The summed E-state index contributed by atoms with van der Waals surface area (Å²) in [5.41, 5.74) is -0.115. The molecular formula is C20H31N5O4. The van der Waals surface area contributed by atoms with Gasteiger partial charge in [-0.2, -0.15) is 0 Å². The summed E-state index contributed by atoms with van der Waals surface area (Å²) in [6.07, 6.45) is 3.71. The number of amides is 3. The fourth-order valence-electron chi connectivity index (χ4n) is 2.51. The van der Waals surface area contributed by atoms with E-state index in [0.717, 1.165) is 0 Å². The number of carbonyl (C=O) groups is 4. The lowest BCUT2D eigenvalue weighted by Gasteiger charge is -2.27. The maximum absolute atomic E-state index is 12.8. The van der Waals surface area contributed by atoms with Gasteiger partial charge in [0.05, 0.1) is 6.04 Å². The van der Waals surface area contributed by atoms with E-state index in [4.69, 9.17) is 0 Å². The Labute approximate surface area is 171 Å². The van der Waals surface area contributed by atoms with Crippen molar-refractivity contribution in [2.24, 2.45) is 11.3 Å². The minimum atomic E-state index is -0.873. The van der Waals surface area contributed by atoms with E-state index in [0.29, 0.717) is 12.7 Å². The van der Waals surface area contributed by atoms with Crippen LogP contribution in [-0.2, 0) is 14.4 Å². The van der Waals surface area contributed by atoms with Gasteiger partial charge in [0.1, 0.15) is 30.4 Å². The Balaban J connectivity index is 2.84. The number of nitrogens with one attached hydrogen (secondary N) is 3. The van der Waals surface area contributed by atoms with Gasteiger partial charge in [-0.05, 0) is 30.7 Å². The van der Waals surface area contributed by atoms with Crippen LogP contribution >= 0.6 is 0 Å². The second kappa shape index (κ2) is 10.6. The molecule has 0 aliphatic rings. The number of hydrogen-bond acceptors (Lipinski definition) is 6. The molecule has 0 aliphatic carbocycles. The molecule has 0 unspecified atom stereocenters. The Morgan fingerprint density at radius 1 is 1.07 bits per heavy atom. The smallest absolute Gasteiger partial charge is 0.270 e. The highest BCUT2D eigenvalue weighted by atomic mass is 16.2. The average molecular weight is 405 g/mol. The molecule has 0 aromatic carbocycles. The van der Waals surface area contributed by atoms with Gasteiger partial charge in [0.25, 0.3) is 5.91 Å². The largest absolute Gasteiger partial charge is 0.345 e. The molecule has 0 aliphatic heterocycles. The van der Waals surface area contributed by atoms with Gasteiger partial charge < -0.3 is 20.7 Å². The first kappa shape index (κ1) is 24.2. The topological polar surface area (TPSA) is 130 Å². The number of nitrogens with zero attached hydrogens (tertiary/aromatic N) is 2. The van der Waals surface area contributed by atoms with E-state index in [2.05, 4.69) is 25.9 Å². The molecule has 0 saturated carbocycles. The van der Waals surface area contributed by atoms with Crippen LogP contribution in [0.1, 0.15) is 58.5 Å². The molecule has 29 heavy (non-hydrogen) atoms. The van der Waals surface area contributed by atoms with Gasteiger partial charge in [-0.1, -0.05) is 34.6 Å². The lowest BCUT2D eigenvalue weighted by Crippen LogP contribution is -2.55. The molecule has 0 spiro atoms. The summed E-state index contributed by atoms with van der Waals surface area (Å²) in [6, 6.07) is -0.922. The third kappa shape index (κ3) is 8.37. The fraction of sp³-hybridized carbons (Fsp3) is 0.600. The zero-order chi connectivity index (χ0) is 22.2. The average Bonchev–Trinajstić information content (AvgIpc) is 2.64. The van der Waals surface area contributed by atoms with Crippen molar-refractivity contribution >= 4 is 24.0 Å². The zero-order valence-corrected chi connectivity index (χ0v) is 17.9. The van der Waals surface area contributed by atoms with E-state index in [9.17, 15) is 19.2 Å². The van der Waals surface area contributed by atoms with Crippen LogP contribution in [0.5, 0.6) is 0 Å². The predicted octanol–water partition coefficient (Wildman–Crippen LogP) is 0.856. The van der Waals surface area contributed by atoms with E-state index >= 15 is 0 Å². The summed E-state index contributed by atoms with van der Waals surface area (Å²) in [5.74, 6) is -1.53. The minimum Gasteiger partial charge on any atom is -0.345 e. The molecule has 1 aromatic rings. The van der Waals surface area contributed by atoms with Crippen LogP contribution in [0.4, 0.5) is 0 Å². The van der Waals surface area contributed by atoms with Crippen LogP contribution in [0, 0.1) is 11.3 Å². The van der Waals surface area contributed by atoms with Crippen molar-refractivity contribution in [3.63, 3.8) is 0 Å². The van der Waals surface area contributed by atoms with E-state index in [1.54, 1.807) is 0 Å². The zero-order valence-electron chi connectivity index (χ0n) is 17.9. The van der Waals surface area contributed by atoms with Crippen molar-refractivity contribution in [2.75, 3.05) is 0 Å². The fourth-order valence-corrected chi connectivity index (χ4v) is 2.51. The maximum Gasteiger partial charge on any atom is 0.270 e. The summed E-state index contributed by atoms with van der Waals surface area (Å²) in [5, 5.41) is 7.89. The minimum absolute atomic E-state index is 0.0693. The SMILES string of the molecule is CC(C)[C@@H](C=O)NC(=O)[C@H](C)NC(=O)[C@H](CC(C)(C)C)NC(=O)c1ccncn1. The number of aldehydes is 1. The van der Waals surface area contributed by atoms with Crippen LogP contribution < -0.4 is 16.0 Å². The number of rotatable bonds is 9. The third-order valence-corrected chi connectivity index (χ3v) is 4.18. The first-order chi connectivity index (χ1) is 13.4. The summed E-state index contributed by atoms with van der Waals surface area (Å²) in [4.78, 5) is 56.3. The quantitative estimate of drug-likeness (QED) is 0.522. The molecule has 0 bridgehead atoms. The summed E-state index contributed by atoms with van der Waals surface area (Å²) < 4.78 is 0. The van der Waals surface area contributed by atoms with Gasteiger partial charge in [0, 0.05) is 6.20 Å². The first-order valence-electron chi connectivity index (χ1n) is 9.57. The Kier molecular flexibility index (Phi) is 8.87. The van der Waals surface area contributed by atoms with Gasteiger partial charge >= 0.3 is 0 Å². The molecule has 3 N–H and O–H groups in total. The second-order valence-corrected chi connectivity index (χ2v) is 8.53. The van der Waals surface area contributed by atoms with Gasteiger partial charge in [0.15, 0.2) is 0 Å². The lowest BCUT2D eigenvalue weighted by atomic mass is 9.87. The van der Waals surface area contributed by atoms with Gasteiger partial charge in [-0.25, -0.2) is 9.97 Å². The summed E-state index contributed by atoms with van der Waals surface area (Å²) in [6.45, 7) is 11.0. The van der Waals surface area contributed by atoms with Crippen LogP contribution in [0.3, 0.4) is 0 Å². The molecule has 9 heteroatoms. The van der Waals surface area contributed by atoms with Gasteiger partial charge in [-0.15, -0.1) is 0 Å². The highest BCUT2D eigenvalue weighted by Gasteiger charge is 2.29. The first-order valence-corrected chi connectivity index (χ1v) is 9.57. The van der Waals surface area contributed by atoms with E-state index in [-0.39, 0.29) is 17.0 Å². The number of hydrogen-bond donors (Lipinski definition) is 3. The second-order valence-electron chi connectivity index (χ2n) is 8.53. The normalized spacial score (nSPS) is 14.4. The molecule has 3 atom stereocenters. The Hall–Kier alpha value is -2.84. The summed E-state index contributed by atoms with van der Waals surface area (Å²) in [7, 11) is 0. The van der Waals surface area contributed by atoms with Crippen molar-refractivity contribution in [3.8, 4) is 0 Å². The molecule has 9 nitrogen and oxygen atoms in total. The summed E-state index contributed by atoms with van der Waals surface area (Å²) >= 11 is 0. The van der Waals surface area contributed by atoms with E-state index < -0.39 is 35.8 Å². The van der Waals surface area contributed by atoms with Crippen LogP contribution in [-0.4, -0.2) is 52.1 Å². The predicted molar refractivity (Wildman–Crippen MR) is 108 cm³/mol. The van der Waals surface area contributed by atoms with Crippen molar-refractivity contribution in [3.05, 3.63) is 24.3 Å². The third-order valence-electron chi connectivity index (χ3n) is 4.18. The molecule has 0 saturated heterocycles. The van der Waals surface area contributed by atoms with Crippen molar-refractivity contribution in [2.45, 2.75) is 66.1 Å². The van der Waals surface area contributed by atoms with Crippen LogP contribution in [0.25, 0.3) is 0 Å². The molecule has 1 heterocycles. The molecule has 3 amide bonds. The molecule has 0 fully saturated rings. The van der Waals surface area contributed by atoms with Crippen molar-refractivity contribution < 1.29 is 19.2 Å². The molecule has 1 aromatic heterocycles. The van der Waals surface area contributed by atoms with Crippen molar-refractivity contribution in [1.82, 2.24) is 25.9 Å². The Morgan fingerprint density at radius 3 is 2.21 bits per heavy atom. The Bertz CT molecular complexity index is 715. The van der Waals surface area contributed by atoms with Crippen molar-refractivity contribution in [1.29, 1.82) is 0 Å². The van der Waals surface area contributed by atoms with E-state index in [1.807, 2.05) is 34.6 Å². The number of aromatic nitrogens is 2. The standard InChI is InChI=1S/C20H31N5O4/c1-12(2)16(10-26)25-17(27)13(3)23-19(29)15(9-20(4,5)6)24-18(28)14-7-8-21-11-22-14/h7-8,10-13,15-16H,9H2,1-6H3,(H,23,29)(H,24,28)(H,25,27)/t13-,15-,16+/m0/s1. The highest BCUT2D eigenvalue weighted by Crippen LogP contribution is 2.21. The van der Waals surface area contributed by atoms with Gasteiger partial charge in [0.2, 0.25) is 11.8 Å². The van der Waals surface area contributed by atoms with Gasteiger partial charge in [-0.3, -0.25) is 14.4 Å². The van der Waals surface area contributed by atoms with E-state index in [1.165, 1.54) is 25.5 Å². The van der Waals surface area contributed by atoms with Crippen LogP contribution in [0.2, 0.25) is 0 Å². The monoisotopic (exact) mass is 405 g/mol.